The summed E-state index contributed by atoms with van der Waals surface area (Å²) in [7, 11) is 0. The lowest BCUT2D eigenvalue weighted by Crippen LogP contribution is -2.37. The summed E-state index contributed by atoms with van der Waals surface area (Å²) in [6.07, 6.45) is 6.50. The van der Waals surface area contributed by atoms with E-state index in [1.54, 1.807) is 6.26 Å². The molecule has 2 atom stereocenters. The van der Waals surface area contributed by atoms with Crippen molar-refractivity contribution in [3.63, 3.8) is 0 Å². The molecule has 1 aliphatic carbocycles. The number of carboxylic acid groups (broad SMARTS) is 1. The maximum Gasteiger partial charge on any atom is 0.319 e. The van der Waals surface area contributed by atoms with Crippen LogP contribution in [0.5, 0.6) is 0 Å². The van der Waals surface area contributed by atoms with Gasteiger partial charge in [-0.15, -0.1) is 11.8 Å². The minimum atomic E-state index is -0.893. The van der Waals surface area contributed by atoms with E-state index in [0.29, 0.717) is 0 Å². The van der Waals surface area contributed by atoms with Crippen molar-refractivity contribution in [3.8, 4) is 0 Å². The number of aliphatic hydroxyl groups is 1. The number of rotatable bonds is 4. The Morgan fingerprint density at radius 1 is 1.36 bits per heavy atom. The Balaban J connectivity index is 2.51. The molecule has 2 N–H and O–H groups in total. The second kappa shape index (κ2) is 5.61. The van der Waals surface area contributed by atoms with E-state index >= 15 is 0 Å². The van der Waals surface area contributed by atoms with Crippen molar-refractivity contribution >= 4 is 17.7 Å². The Kier molecular flexibility index (Phi) is 4.75. The van der Waals surface area contributed by atoms with Crippen LogP contribution in [0, 0.1) is 5.92 Å². The molecule has 3 nitrogen and oxygen atoms in total. The molecule has 1 fully saturated rings. The second-order valence-electron chi connectivity index (χ2n) is 3.88. The van der Waals surface area contributed by atoms with Gasteiger partial charge in [0.2, 0.25) is 0 Å². The van der Waals surface area contributed by atoms with Crippen LogP contribution in [0.4, 0.5) is 0 Å². The number of hydrogen-bond acceptors (Lipinski definition) is 3. The normalized spacial score (nSPS) is 23.0. The number of carbonyl (C=O) groups is 1. The standard InChI is InChI=1S/C10H18O3S/c1-14-9(10(12)13)8(11)7-5-3-2-4-6-7/h7-9,11H,2-6H2,1H3,(H,12,13)/t8-,9+/m0/s1. The van der Waals surface area contributed by atoms with Crippen molar-refractivity contribution in [1.29, 1.82) is 0 Å². The lowest BCUT2D eigenvalue weighted by Gasteiger charge is -2.29. The summed E-state index contributed by atoms with van der Waals surface area (Å²) in [5.41, 5.74) is 0. The van der Waals surface area contributed by atoms with Gasteiger partial charge in [-0.2, -0.15) is 0 Å². The van der Waals surface area contributed by atoms with E-state index < -0.39 is 17.3 Å². The van der Waals surface area contributed by atoms with Gasteiger partial charge in [-0.05, 0) is 25.0 Å². The predicted octanol–water partition coefficient (Wildman–Crippen LogP) is 1.74. The Labute approximate surface area is 88.9 Å². The van der Waals surface area contributed by atoms with Crippen LogP contribution in [0.25, 0.3) is 0 Å². The molecule has 1 saturated carbocycles. The van der Waals surface area contributed by atoms with Gasteiger partial charge >= 0.3 is 5.97 Å². The molecule has 0 amide bonds. The maximum absolute atomic E-state index is 10.8. The molecule has 0 heterocycles. The van der Waals surface area contributed by atoms with Crippen LogP contribution in [-0.2, 0) is 4.79 Å². The van der Waals surface area contributed by atoms with Crippen molar-refractivity contribution in [3.05, 3.63) is 0 Å². The molecule has 14 heavy (non-hydrogen) atoms. The summed E-state index contributed by atoms with van der Waals surface area (Å²) >= 11 is 1.23. The molecule has 0 aromatic carbocycles. The topological polar surface area (TPSA) is 57.5 Å². The lowest BCUT2D eigenvalue weighted by molar-refractivity contribution is -0.139. The average molecular weight is 218 g/mol. The van der Waals surface area contributed by atoms with Gasteiger partial charge in [0.25, 0.3) is 0 Å². The molecule has 0 aromatic heterocycles. The summed E-state index contributed by atoms with van der Waals surface area (Å²) in [5, 5.41) is 18.1. The summed E-state index contributed by atoms with van der Waals surface area (Å²) in [6.45, 7) is 0. The molecule has 4 heteroatoms. The van der Waals surface area contributed by atoms with Gasteiger partial charge in [0, 0.05) is 0 Å². The highest BCUT2D eigenvalue weighted by Crippen LogP contribution is 2.30. The Bertz CT molecular complexity index is 190. The minimum Gasteiger partial charge on any atom is -0.480 e. The monoisotopic (exact) mass is 218 g/mol. The third-order valence-electron chi connectivity index (χ3n) is 2.94. The second-order valence-corrected chi connectivity index (χ2v) is 4.86. The molecule has 0 bridgehead atoms. The molecular formula is C10H18O3S. The zero-order chi connectivity index (χ0) is 10.6. The molecule has 1 rings (SSSR count). The summed E-state index contributed by atoms with van der Waals surface area (Å²) < 4.78 is 0. The highest BCUT2D eigenvalue weighted by molar-refractivity contribution is 7.99. The fraction of sp³-hybridized carbons (Fsp3) is 0.900. The Morgan fingerprint density at radius 2 is 1.93 bits per heavy atom. The van der Waals surface area contributed by atoms with E-state index in [1.165, 1.54) is 18.2 Å². The molecule has 0 aromatic rings. The Morgan fingerprint density at radius 3 is 2.36 bits per heavy atom. The molecule has 1 aliphatic rings. The van der Waals surface area contributed by atoms with Crippen LogP contribution in [0.15, 0.2) is 0 Å². The van der Waals surface area contributed by atoms with Gasteiger partial charge < -0.3 is 10.2 Å². The van der Waals surface area contributed by atoms with E-state index in [9.17, 15) is 9.90 Å². The van der Waals surface area contributed by atoms with E-state index in [4.69, 9.17) is 5.11 Å². The van der Waals surface area contributed by atoms with Crippen LogP contribution < -0.4 is 0 Å². The molecule has 0 spiro atoms. The Hall–Kier alpha value is -0.220. The zero-order valence-electron chi connectivity index (χ0n) is 8.48. The number of aliphatic carboxylic acids is 1. The third kappa shape index (κ3) is 2.89. The van der Waals surface area contributed by atoms with Crippen LogP contribution in [0.1, 0.15) is 32.1 Å². The van der Waals surface area contributed by atoms with Crippen molar-refractivity contribution in [2.75, 3.05) is 6.26 Å². The highest BCUT2D eigenvalue weighted by Gasteiger charge is 2.32. The predicted molar refractivity (Wildman–Crippen MR) is 57.5 cm³/mol. The van der Waals surface area contributed by atoms with E-state index in [0.717, 1.165) is 25.7 Å². The first-order valence-corrected chi connectivity index (χ1v) is 6.39. The van der Waals surface area contributed by atoms with Crippen LogP contribution in [-0.4, -0.2) is 33.8 Å². The highest BCUT2D eigenvalue weighted by atomic mass is 32.2. The van der Waals surface area contributed by atoms with Crippen molar-refractivity contribution < 1.29 is 15.0 Å². The van der Waals surface area contributed by atoms with Crippen molar-refractivity contribution in [2.45, 2.75) is 43.5 Å². The van der Waals surface area contributed by atoms with Gasteiger partial charge in [0.1, 0.15) is 5.25 Å². The molecule has 0 aliphatic heterocycles. The van der Waals surface area contributed by atoms with E-state index in [2.05, 4.69) is 0 Å². The van der Waals surface area contributed by atoms with Gasteiger partial charge in [0.05, 0.1) is 6.10 Å². The number of thioether (sulfide) groups is 1. The van der Waals surface area contributed by atoms with Crippen LogP contribution >= 0.6 is 11.8 Å². The van der Waals surface area contributed by atoms with Crippen molar-refractivity contribution in [2.24, 2.45) is 5.92 Å². The maximum atomic E-state index is 10.8. The van der Waals surface area contributed by atoms with Crippen LogP contribution in [0.2, 0.25) is 0 Å². The molecular weight excluding hydrogens is 200 g/mol. The number of aliphatic hydroxyl groups excluding tert-OH is 1. The van der Waals surface area contributed by atoms with E-state index in [-0.39, 0.29) is 5.92 Å². The molecule has 0 saturated heterocycles. The van der Waals surface area contributed by atoms with Crippen LogP contribution in [0.3, 0.4) is 0 Å². The summed E-state index contributed by atoms with van der Waals surface area (Å²) in [6, 6.07) is 0. The zero-order valence-corrected chi connectivity index (χ0v) is 9.30. The molecule has 0 radical (unpaired) electrons. The first kappa shape index (κ1) is 11.9. The fourth-order valence-electron chi connectivity index (χ4n) is 2.11. The smallest absolute Gasteiger partial charge is 0.319 e. The number of carboxylic acids is 1. The van der Waals surface area contributed by atoms with Gasteiger partial charge in [-0.25, -0.2) is 0 Å². The molecule has 0 unspecified atom stereocenters. The van der Waals surface area contributed by atoms with Crippen molar-refractivity contribution in [1.82, 2.24) is 0 Å². The quantitative estimate of drug-likeness (QED) is 0.754. The largest absolute Gasteiger partial charge is 0.480 e. The summed E-state index contributed by atoms with van der Waals surface area (Å²) in [4.78, 5) is 10.8. The fourth-order valence-corrected chi connectivity index (χ4v) is 2.81. The summed E-state index contributed by atoms with van der Waals surface area (Å²) in [5.74, 6) is -0.701. The average Bonchev–Trinajstić information content (AvgIpc) is 2.19. The minimum absolute atomic E-state index is 0.192. The first-order chi connectivity index (χ1) is 6.66. The van der Waals surface area contributed by atoms with E-state index in [1.807, 2.05) is 0 Å². The molecule has 82 valence electrons. The first-order valence-electron chi connectivity index (χ1n) is 5.10. The third-order valence-corrected chi connectivity index (χ3v) is 3.93. The number of hydrogen-bond donors (Lipinski definition) is 2. The SMILES string of the molecule is CS[C@@H](C(=O)O)[C@@H](O)C1CCCCC1. The van der Waals surface area contributed by atoms with Gasteiger partial charge in [-0.3, -0.25) is 4.79 Å². The lowest BCUT2D eigenvalue weighted by atomic mass is 9.84. The van der Waals surface area contributed by atoms with Gasteiger partial charge in [-0.1, -0.05) is 19.3 Å². The van der Waals surface area contributed by atoms with Gasteiger partial charge in [0.15, 0.2) is 0 Å².